The smallest absolute Gasteiger partial charge is 0.161 e. The lowest BCUT2D eigenvalue weighted by atomic mass is 9.92. The van der Waals surface area contributed by atoms with Gasteiger partial charge >= 0.3 is 0 Å². The maximum atomic E-state index is 5.99. The molecule has 1 aromatic rings. The summed E-state index contributed by atoms with van der Waals surface area (Å²) in [6.45, 7) is 8.76. The van der Waals surface area contributed by atoms with Crippen molar-refractivity contribution in [2.45, 2.75) is 32.3 Å². The van der Waals surface area contributed by atoms with E-state index in [0.29, 0.717) is 18.2 Å². The minimum absolute atomic E-state index is 0.0921. The molecular weight excluding hydrogens is 308 g/mol. The van der Waals surface area contributed by atoms with Crippen LogP contribution in [0.3, 0.4) is 0 Å². The van der Waals surface area contributed by atoms with Gasteiger partial charge in [-0.1, -0.05) is 20.8 Å². The molecule has 0 radical (unpaired) electrons. The second-order valence-corrected chi connectivity index (χ2v) is 6.79. The number of nitrogens with two attached hydrogens (primary N) is 1. The predicted octanol–water partition coefficient (Wildman–Crippen LogP) is 2.12. The van der Waals surface area contributed by atoms with Gasteiger partial charge in [-0.2, -0.15) is 0 Å². The summed E-state index contributed by atoms with van der Waals surface area (Å²) in [7, 11) is 2.07. The zero-order valence-electron chi connectivity index (χ0n) is 11.9. The van der Waals surface area contributed by atoms with E-state index in [-0.39, 0.29) is 11.5 Å². The van der Waals surface area contributed by atoms with Gasteiger partial charge in [0.2, 0.25) is 0 Å². The van der Waals surface area contributed by atoms with Crippen molar-refractivity contribution in [3.8, 4) is 0 Å². The number of nitrogen functional groups attached to an aromatic ring is 1. The number of likely N-dealkylation sites (N-methyl/N-ethyl adjacent to an activating group) is 1. The monoisotopic (exact) mass is 328 g/mol. The Kier molecular flexibility index (Phi) is 4.13. The molecule has 2 rings (SSSR count). The number of nitrogens with zero attached hydrogens (tertiary/aromatic N) is 3. The molecule has 1 unspecified atom stereocenters. The highest BCUT2D eigenvalue weighted by molar-refractivity contribution is 9.10. The standard InChI is InChI=1S/C13H21BrN4O/c1-13(2,3)10-9(14)11(15)17-12(16-10)8-7-18(4)5-6-19-8/h8H,5-7H2,1-4H3,(H2,15,16,17). The first kappa shape index (κ1) is 14.7. The molecule has 2 heterocycles. The molecule has 0 bridgehead atoms. The van der Waals surface area contributed by atoms with Gasteiger partial charge in [0.25, 0.3) is 0 Å². The lowest BCUT2D eigenvalue weighted by Gasteiger charge is -2.30. The third-order valence-electron chi connectivity index (χ3n) is 3.16. The number of hydrogen-bond acceptors (Lipinski definition) is 5. The topological polar surface area (TPSA) is 64.3 Å². The van der Waals surface area contributed by atoms with Gasteiger partial charge in [0.1, 0.15) is 11.9 Å². The molecule has 2 N–H and O–H groups in total. The van der Waals surface area contributed by atoms with Crippen LogP contribution in [0.2, 0.25) is 0 Å². The fourth-order valence-corrected chi connectivity index (χ4v) is 2.83. The Morgan fingerprint density at radius 2 is 2.05 bits per heavy atom. The molecule has 0 aromatic carbocycles. The highest BCUT2D eigenvalue weighted by atomic mass is 79.9. The Morgan fingerprint density at radius 3 is 2.63 bits per heavy atom. The van der Waals surface area contributed by atoms with Crippen molar-refractivity contribution in [3.63, 3.8) is 0 Å². The summed E-state index contributed by atoms with van der Waals surface area (Å²) >= 11 is 3.48. The quantitative estimate of drug-likeness (QED) is 0.855. The molecule has 5 nitrogen and oxygen atoms in total. The summed E-state index contributed by atoms with van der Waals surface area (Å²) in [5.41, 5.74) is 6.82. The van der Waals surface area contributed by atoms with E-state index in [0.717, 1.165) is 23.3 Å². The van der Waals surface area contributed by atoms with Gasteiger partial charge < -0.3 is 15.4 Å². The lowest BCUT2D eigenvalue weighted by molar-refractivity contribution is -0.0256. The second-order valence-electron chi connectivity index (χ2n) is 6.00. The molecule has 0 aliphatic carbocycles. The van der Waals surface area contributed by atoms with E-state index < -0.39 is 0 Å². The number of halogens is 1. The Morgan fingerprint density at radius 1 is 1.37 bits per heavy atom. The van der Waals surface area contributed by atoms with Crippen LogP contribution in [-0.2, 0) is 10.2 Å². The number of ether oxygens (including phenoxy) is 1. The number of hydrogen-bond donors (Lipinski definition) is 1. The minimum Gasteiger partial charge on any atom is -0.383 e. The summed E-state index contributed by atoms with van der Waals surface area (Å²) in [6.07, 6.45) is -0.102. The van der Waals surface area contributed by atoms with Gasteiger partial charge in [0.05, 0.1) is 16.8 Å². The molecule has 1 aliphatic rings. The van der Waals surface area contributed by atoms with Crippen LogP contribution < -0.4 is 5.73 Å². The van der Waals surface area contributed by atoms with Gasteiger partial charge in [-0.05, 0) is 23.0 Å². The van der Waals surface area contributed by atoms with Crippen LogP contribution in [0.15, 0.2) is 4.47 Å². The van der Waals surface area contributed by atoms with Crippen LogP contribution >= 0.6 is 15.9 Å². The van der Waals surface area contributed by atoms with Crippen molar-refractivity contribution < 1.29 is 4.74 Å². The van der Waals surface area contributed by atoms with Gasteiger partial charge in [-0.15, -0.1) is 0 Å². The van der Waals surface area contributed by atoms with E-state index in [1.807, 2.05) is 0 Å². The van der Waals surface area contributed by atoms with Gasteiger partial charge in [0, 0.05) is 18.5 Å². The molecule has 6 heteroatoms. The predicted molar refractivity (Wildman–Crippen MR) is 79.0 cm³/mol. The summed E-state index contributed by atoms with van der Waals surface area (Å²) < 4.78 is 6.54. The average Bonchev–Trinajstić information content (AvgIpc) is 2.31. The molecule has 1 aromatic heterocycles. The zero-order valence-corrected chi connectivity index (χ0v) is 13.5. The van der Waals surface area contributed by atoms with Gasteiger partial charge in [0.15, 0.2) is 5.82 Å². The molecule has 19 heavy (non-hydrogen) atoms. The van der Waals surface area contributed by atoms with Crippen molar-refractivity contribution in [2.24, 2.45) is 0 Å². The number of anilines is 1. The van der Waals surface area contributed by atoms with Crippen LogP contribution in [0, 0.1) is 0 Å². The van der Waals surface area contributed by atoms with Crippen molar-refractivity contribution in [2.75, 3.05) is 32.5 Å². The normalized spacial score (nSPS) is 21.6. The summed E-state index contributed by atoms with van der Waals surface area (Å²) in [4.78, 5) is 11.3. The Labute approximate surface area is 122 Å². The minimum atomic E-state index is -0.102. The molecule has 1 aliphatic heterocycles. The summed E-state index contributed by atoms with van der Waals surface area (Å²) in [5.74, 6) is 1.16. The molecule has 0 saturated carbocycles. The van der Waals surface area contributed by atoms with Crippen LogP contribution in [0.5, 0.6) is 0 Å². The highest BCUT2D eigenvalue weighted by Crippen LogP contribution is 2.32. The maximum absolute atomic E-state index is 5.99. The number of morpholine rings is 1. The second kappa shape index (κ2) is 5.34. The van der Waals surface area contributed by atoms with Crippen LogP contribution in [0.25, 0.3) is 0 Å². The lowest BCUT2D eigenvalue weighted by Crippen LogP contribution is -2.36. The summed E-state index contributed by atoms with van der Waals surface area (Å²) in [6, 6.07) is 0. The Hall–Kier alpha value is -0.720. The first-order chi connectivity index (χ1) is 8.79. The molecule has 0 spiro atoms. The van der Waals surface area contributed by atoms with Crippen LogP contribution in [0.4, 0.5) is 5.82 Å². The fraction of sp³-hybridized carbons (Fsp3) is 0.692. The van der Waals surface area contributed by atoms with Gasteiger partial charge in [-0.3, -0.25) is 0 Å². The average molecular weight is 329 g/mol. The van der Waals surface area contributed by atoms with Crippen LogP contribution in [0.1, 0.15) is 38.4 Å². The first-order valence-electron chi connectivity index (χ1n) is 6.42. The first-order valence-corrected chi connectivity index (χ1v) is 7.22. The Balaban J connectivity index is 2.39. The highest BCUT2D eigenvalue weighted by Gasteiger charge is 2.27. The van der Waals surface area contributed by atoms with E-state index in [1.165, 1.54) is 0 Å². The van der Waals surface area contributed by atoms with E-state index >= 15 is 0 Å². The van der Waals surface area contributed by atoms with Gasteiger partial charge in [-0.25, -0.2) is 9.97 Å². The molecule has 106 valence electrons. The third kappa shape index (κ3) is 3.24. The third-order valence-corrected chi connectivity index (χ3v) is 3.94. The number of rotatable bonds is 1. The molecule has 1 fully saturated rings. The van der Waals surface area contributed by atoms with E-state index in [4.69, 9.17) is 10.5 Å². The van der Waals surface area contributed by atoms with Crippen molar-refractivity contribution in [1.29, 1.82) is 0 Å². The van der Waals surface area contributed by atoms with Crippen molar-refractivity contribution in [3.05, 3.63) is 16.0 Å². The van der Waals surface area contributed by atoms with E-state index in [1.54, 1.807) is 0 Å². The molecule has 0 amide bonds. The van der Waals surface area contributed by atoms with Crippen molar-refractivity contribution >= 4 is 21.7 Å². The largest absolute Gasteiger partial charge is 0.383 e. The molecular formula is C13H21BrN4O. The molecule has 1 atom stereocenters. The zero-order chi connectivity index (χ0) is 14.2. The van der Waals surface area contributed by atoms with Crippen molar-refractivity contribution in [1.82, 2.24) is 14.9 Å². The van der Waals surface area contributed by atoms with E-state index in [9.17, 15) is 0 Å². The SMILES string of the molecule is CN1CCOC(c2nc(N)c(Br)c(C(C)(C)C)n2)C1. The summed E-state index contributed by atoms with van der Waals surface area (Å²) in [5, 5.41) is 0. The van der Waals surface area contributed by atoms with Crippen LogP contribution in [-0.4, -0.2) is 41.6 Å². The molecule has 1 saturated heterocycles. The number of aromatic nitrogens is 2. The van der Waals surface area contributed by atoms with E-state index in [2.05, 4.69) is 58.6 Å². The Bertz CT molecular complexity index is 472. The maximum Gasteiger partial charge on any atom is 0.161 e. The fourth-order valence-electron chi connectivity index (χ4n) is 2.06.